The average Bonchev–Trinajstić information content (AvgIpc) is 3.45. The normalized spacial score (nSPS) is 18.4. The van der Waals surface area contributed by atoms with Crippen molar-refractivity contribution in [3.8, 4) is 22.4 Å². The van der Waals surface area contributed by atoms with Gasteiger partial charge in [0.25, 0.3) is 5.91 Å². The molecular weight excluding hydrogens is 523 g/mol. The molecule has 0 bridgehead atoms. The lowest BCUT2D eigenvalue weighted by Crippen LogP contribution is -2.64. The van der Waals surface area contributed by atoms with Gasteiger partial charge in [-0.3, -0.25) is 15.0 Å². The van der Waals surface area contributed by atoms with Gasteiger partial charge in [-0.05, 0) is 51.0 Å². The van der Waals surface area contributed by atoms with Gasteiger partial charge in [-0.1, -0.05) is 0 Å². The van der Waals surface area contributed by atoms with E-state index in [9.17, 15) is 13.8 Å². The van der Waals surface area contributed by atoms with Gasteiger partial charge in [0.05, 0.1) is 22.8 Å². The summed E-state index contributed by atoms with van der Waals surface area (Å²) in [5, 5.41) is 11.7. The number of nitrogens with one attached hydrogen (secondary N) is 2. The van der Waals surface area contributed by atoms with E-state index in [2.05, 4.69) is 15.1 Å². The Labute approximate surface area is 227 Å². The largest absolute Gasteiger partial charge is 0.382 e. The predicted molar refractivity (Wildman–Crippen MR) is 147 cm³/mol. The smallest absolute Gasteiger partial charge is 0.252 e. The summed E-state index contributed by atoms with van der Waals surface area (Å²) in [6.45, 7) is 5.14. The molecule has 11 nitrogen and oxygen atoms in total. The molecule has 39 heavy (non-hydrogen) atoms. The van der Waals surface area contributed by atoms with Crippen LogP contribution in [0.4, 0.5) is 10.1 Å². The highest BCUT2D eigenvalue weighted by Gasteiger charge is 2.44. The number of halogens is 1. The molecule has 1 saturated heterocycles. The van der Waals surface area contributed by atoms with Crippen molar-refractivity contribution >= 4 is 40.7 Å². The van der Waals surface area contributed by atoms with Gasteiger partial charge >= 0.3 is 0 Å². The lowest BCUT2D eigenvalue weighted by atomic mass is 9.96. The van der Waals surface area contributed by atoms with Crippen LogP contribution in [0.2, 0.25) is 0 Å². The zero-order valence-corrected chi connectivity index (χ0v) is 22.6. The number of piperazine rings is 1. The number of aliphatic imine (C=N–C) groups is 1. The van der Waals surface area contributed by atoms with Crippen LogP contribution in [0, 0.1) is 11.2 Å². The highest BCUT2D eigenvalue weighted by Crippen LogP contribution is 2.35. The number of aromatic nitrogens is 3. The van der Waals surface area contributed by atoms with Gasteiger partial charge in [0.1, 0.15) is 34.5 Å². The quantitative estimate of drug-likeness (QED) is 0.304. The Balaban J connectivity index is 1.54. The Morgan fingerprint density at radius 1 is 1.28 bits per heavy atom. The maximum Gasteiger partial charge on any atom is 0.252 e. The highest BCUT2D eigenvalue weighted by atomic mass is 32.2. The molecule has 2 amide bonds. The first kappa shape index (κ1) is 26.5. The Bertz CT molecular complexity index is 1540. The predicted octanol–water partition coefficient (Wildman–Crippen LogP) is 2.64. The first-order valence-electron chi connectivity index (χ1n) is 12.4. The number of amides is 2. The number of nitrogens with zero attached hydrogens (tertiary/aromatic N) is 5. The minimum atomic E-state index is -1.26. The van der Waals surface area contributed by atoms with Crippen LogP contribution in [0.1, 0.15) is 39.3 Å². The van der Waals surface area contributed by atoms with Crippen LogP contribution in [0.5, 0.6) is 0 Å². The zero-order chi connectivity index (χ0) is 28.1. The number of hydrogen-bond donors (Lipinski definition) is 3. The molecule has 1 saturated carbocycles. The number of rotatable bonds is 7. The van der Waals surface area contributed by atoms with E-state index < -0.39 is 22.3 Å². The first-order chi connectivity index (χ1) is 18.5. The van der Waals surface area contributed by atoms with E-state index >= 15 is 4.39 Å². The van der Waals surface area contributed by atoms with E-state index in [0.29, 0.717) is 28.1 Å². The van der Waals surface area contributed by atoms with E-state index in [1.807, 2.05) is 0 Å². The second-order valence-corrected chi connectivity index (χ2v) is 11.7. The van der Waals surface area contributed by atoms with E-state index in [-0.39, 0.29) is 41.7 Å². The van der Waals surface area contributed by atoms with Gasteiger partial charge < -0.3 is 20.5 Å². The summed E-state index contributed by atoms with van der Waals surface area (Å²) >= 11 is 0. The van der Waals surface area contributed by atoms with Crippen LogP contribution >= 0.6 is 0 Å². The fourth-order valence-electron chi connectivity index (χ4n) is 4.83. The third kappa shape index (κ3) is 4.78. The minimum Gasteiger partial charge on any atom is -0.382 e. The molecule has 1 atom stereocenters. The molecular formula is C26H29FN8O3S. The van der Waals surface area contributed by atoms with Crippen molar-refractivity contribution < 1.29 is 18.2 Å². The third-order valence-electron chi connectivity index (χ3n) is 7.06. The van der Waals surface area contributed by atoms with E-state index in [1.54, 1.807) is 44.4 Å². The average molecular weight is 553 g/mol. The van der Waals surface area contributed by atoms with Gasteiger partial charge in [-0.2, -0.15) is 9.19 Å². The molecule has 1 aromatic carbocycles. The molecule has 1 aliphatic carbocycles. The van der Waals surface area contributed by atoms with E-state index in [4.69, 9.17) is 11.1 Å². The fraction of sp³-hybridized carbons (Fsp3) is 0.346. The molecule has 13 heteroatoms. The summed E-state index contributed by atoms with van der Waals surface area (Å²) in [5.41, 5.74) is 7.94. The second kappa shape index (κ2) is 9.88. The molecule has 2 aliphatic rings. The number of carbonyl (C=O) groups is 2. The number of amidine groups is 1. The molecule has 3 heterocycles. The summed E-state index contributed by atoms with van der Waals surface area (Å²) in [6, 6.07) is 6.23. The summed E-state index contributed by atoms with van der Waals surface area (Å²) in [6.07, 6.45) is 5.89. The fourth-order valence-corrected chi connectivity index (χ4v) is 6.04. The molecule has 5 rings (SSSR count). The maximum atomic E-state index is 15.1. The monoisotopic (exact) mass is 552 g/mol. The second-order valence-electron chi connectivity index (χ2n) is 10.1. The standard InChI is InChI=1S/C26H29FN8O3S/c1-15(36)34-9-8-33(25(37)26(34,2)3)22-10-16(4-7-20(22)27)21-11-19(23(32-21)24(29)30-14-28)17-12-31-35(13-17)39(38)18-5-6-18/h4,7,10-14,18,32H,5-6,8-9H2,1-3H3,(H3,28,29,30). The van der Waals surface area contributed by atoms with Crippen molar-refractivity contribution in [1.29, 1.82) is 5.41 Å². The van der Waals surface area contributed by atoms with Gasteiger partial charge in [-0.15, -0.1) is 0 Å². The van der Waals surface area contributed by atoms with Crippen molar-refractivity contribution in [2.75, 3.05) is 18.0 Å². The molecule has 2 fully saturated rings. The molecule has 204 valence electrons. The molecule has 1 unspecified atom stereocenters. The van der Waals surface area contributed by atoms with Gasteiger partial charge in [0, 0.05) is 48.6 Å². The summed E-state index contributed by atoms with van der Waals surface area (Å²) < 4.78 is 29.1. The third-order valence-corrected chi connectivity index (χ3v) is 8.67. The van der Waals surface area contributed by atoms with Crippen LogP contribution in [0.25, 0.3) is 22.4 Å². The number of carbonyl (C=O) groups excluding carboxylic acids is 2. The van der Waals surface area contributed by atoms with Crippen LogP contribution in [0.15, 0.2) is 41.7 Å². The first-order valence-corrected chi connectivity index (χ1v) is 13.6. The topological polar surface area (TPSA) is 154 Å². The van der Waals surface area contributed by atoms with Gasteiger partial charge in [0.15, 0.2) is 0 Å². The lowest BCUT2D eigenvalue weighted by Gasteiger charge is -2.45. The number of benzene rings is 1. The molecule has 4 N–H and O–H groups in total. The minimum absolute atomic E-state index is 0.0573. The summed E-state index contributed by atoms with van der Waals surface area (Å²) in [4.78, 5) is 35.4. The van der Waals surface area contributed by atoms with Crippen LogP contribution < -0.4 is 10.6 Å². The Kier molecular flexibility index (Phi) is 6.70. The number of anilines is 1. The molecule has 0 spiro atoms. The van der Waals surface area contributed by atoms with Gasteiger partial charge in [0.2, 0.25) is 5.91 Å². The summed E-state index contributed by atoms with van der Waals surface area (Å²) in [7, 11) is -1.26. The number of H-pyrrole nitrogens is 1. The van der Waals surface area contributed by atoms with Crippen LogP contribution in [-0.4, -0.2) is 71.1 Å². The lowest BCUT2D eigenvalue weighted by molar-refractivity contribution is -0.145. The van der Waals surface area contributed by atoms with Crippen molar-refractivity contribution in [1.82, 2.24) is 19.1 Å². The zero-order valence-electron chi connectivity index (χ0n) is 21.8. The molecule has 0 radical (unpaired) electrons. The van der Waals surface area contributed by atoms with Gasteiger partial charge in [-0.25, -0.2) is 13.6 Å². The summed E-state index contributed by atoms with van der Waals surface area (Å²) in [5.74, 6) is -1.12. The Hall–Kier alpha value is -4.13. The number of hydrogen-bond acceptors (Lipinski definition) is 5. The number of nitrogens with two attached hydrogens (primary N) is 1. The maximum absolute atomic E-state index is 15.1. The van der Waals surface area contributed by atoms with Crippen molar-refractivity contribution in [2.24, 2.45) is 10.7 Å². The Morgan fingerprint density at radius 2 is 2.03 bits per heavy atom. The van der Waals surface area contributed by atoms with Crippen molar-refractivity contribution in [3.63, 3.8) is 0 Å². The number of aromatic amines is 1. The highest BCUT2D eigenvalue weighted by molar-refractivity contribution is 7.84. The molecule has 1 aliphatic heterocycles. The van der Waals surface area contributed by atoms with Crippen molar-refractivity contribution in [2.45, 2.75) is 44.4 Å². The van der Waals surface area contributed by atoms with E-state index in [1.165, 1.54) is 26.9 Å². The SMILES string of the molecule is CC(=O)N1CCN(c2cc(-c3cc(-c4cnn(S(=O)C5CC5)c4)c(C(N)=NC=N)[nH]3)ccc2F)C(=O)C1(C)C. The molecule has 3 aromatic rings. The molecule has 2 aromatic heterocycles. The van der Waals surface area contributed by atoms with Crippen LogP contribution in [0.3, 0.4) is 0 Å². The Morgan fingerprint density at radius 3 is 2.69 bits per heavy atom. The van der Waals surface area contributed by atoms with Crippen molar-refractivity contribution in [3.05, 3.63) is 48.2 Å². The van der Waals surface area contributed by atoms with Crippen LogP contribution in [-0.2, 0) is 20.6 Å². The van der Waals surface area contributed by atoms with E-state index in [0.717, 1.165) is 19.2 Å².